The molecule has 0 saturated heterocycles. The monoisotopic (exact) mass is 644 g/mol. The molecule has 2 atom stereocenters. The van der Waals surface area contributed by atoms with Crippen LogP contribution in [0.4, 0.5) is 23.2 Å². The number of carboxylic acids is 1. The molecular weight excluding hydrogens is 620 g/mol. The summed E-state index contributed by atoms with van der Waals surface area (Å²) < 4.78 is 95.2. The molecule has 2 unspecified atom stereocenters. The third kappa shape index (κ3) is 7.56. The van der Waals surface area contributed by atoms with Crippen LogP contribution in [0.2, 0.25) is 5.02 Å². The van der Waals surface area contributed by atoms with Gasteiger partial charge in [0.1, 0.15) is 24.3 Å². The smallest absolute Gasteiger partial charge is 0.417 e. The number of carbonyl (C=O) groups is 1. The second kappa shape index (κ2) is 12.8. The van der Waals surface area contributed by atoms with Crippen LogP contribution in [0.25, 0.3) is 12.2 Å². The quantitative estimate of drug-likeness (QED) is 0.214. The van der Waals surface area contributed by atoms with E-state index < -0.39 is 69.7 Å². The molecular formula is C28H25ClF4N2O7S. The van der Waals surface area contributed by atoms with Crippen molar-refractivity contribution in [3.63, 3.8) is 0 Å². The minimum absolute atomic E-state index is 0.0117. The van der Waals surface area contributed by atoms with Crippen LogP contribution in [0, 0.1) is 5.82 Å². The van der Waals surface area contributed by atoms with Crippen molar-refractivity contribution >= 4 is 45.4 Å². The largest absolute Gasteiger partial charge is 0.486 e. The maximum atomic E-state index is 14.3. The molecule has 0 saturated carbocycles. The first-order valence-corrected chi connectivity index (χ1v) is 14.5. The third-order valence-electron chi connectivity index (χ3n) is 6.21. The van der Waals surface area contributed by atoms with Crippen LogP contribution in [0.5, 0.6) is 11.6 Å². The van der Waals surface area contributed by atoms with Crippen molar-refractivity contribution in [3.8, 4) is 11.6 Å². The number of aliphatic hydroxyl groups excluding tert-OH is 1. The number of hydrogen-bond acceptors (Lipinski definition) is 7. The fourth-order valence-electron chi connectivity index (χ4n) is 4.14. The summed E-state index contributed by atoms with van der Waals surface area (Å²) in [5.74, 6) is -2.42. The van der Waals surface area contributed by atoms with E-state index in [4.69, 9.17) is 26.2 Å². The lowest BCUT2D eigenvalue weighted by atomic mass is 10.1. The Morgan fingerprint density at radius 3 is 2.65 bits per heavy atom. The molecule has 1 aromatic heterocycles. The van der Waals surface area contributed by atoms with Gasteiger partial charge in [-0.3, -0.25) is 9.10 Å². The number of sulfonamides is 1. The zero-order chi connectivity index (χ0) is 31.5. The summed E-state index contributed by atoms with van der Waals surface area (Å²) in [5.41, 5.74) is -0.998. The van der Waals surface area contributed by atoms with E-state index in [2.05, 4.69) is 4.98 Å². The summed E-state index contributed by atoms with van der Waals surface area (Å²) in [6.07, 6.45) is -4.26. The van der Waals surface area contributed by atoms with Crippen LogP contribution in [-0.2, 0) is 21.0 Å². The highest BCUT2D eigenvalue weighted by molar-refractivity contribution is 7.93. The maximum absolute atomic E-state index is 14.3. The van der Waals surface area contributed by atoms with Crippen LogP contribution in [0.1, 0.15) is 36.5 Å². The SMILES string of the molecule is CC(O)COc1ncc(C(F)(F)F)cc1S(=O)(=O)N1CC(CCC(=O)O)Oc2ccc(C=Cc3c(F)cccc3Cl)cc21. The number of pyridine rings is 1. The van der Waals surface area contributed by atoms with Crippen molar-refractivity contribution in [2.24, 2.45) is 0 Å². The molecule has 230 valence electrons. The highest BCUT2D eigenvalue weighted by atomic mass is 35.5. The summed E-state index contributed by atoms with van der Waals surface area (Å²) in [6, 6.07) is 8.79. The number of rotatable bonds is 10. The number of halogens is 5. The van der Waals surface area contributed by atoms with Gasteiger partial charge in [0.2, 0.25) is 5.88 Å². The van der Waals surface area contributed by atoms with E-state index in [1.165, 1.54) is 55.5 Å². The van der Waals surface area contributed by atoms with Gasteiger partial charge in [0.15, 0.2) is 4.90 Å². The van der Waals surface area contributed by atoms with Gasteiger partial charge in [0.05, 0.1) is 28.9 Å². The average Bonchev–Trinajstić information content (AvgIpc) is 2.93. The van der Waals surface area contributed by atoms with Gasteiger partial charge >= 0.3 is 12.1 Å². The van der Waals surface area contributed by atoms with Gasteiger partial charge in [0, 0.05) is 18.2 Å². The Balaban J connectivity index is 1.83. The zero-order valence-electron chi connectivity index (χ0n) is 22.4. The fraction of sp³-hybridized carbons (Fsp3) is 0.286. The lowest BCUT2D eigenvalue weighted by Gasteiger charge is -2.36. The normalized spacial score (nSPS) is 16.1. The minimum atomic E-state index is -4.95. The molecule has 15 heteroatoms. The molecule has 2 heterocycles. The molecule has 1 aliphatic rings. The molecule has 1 aliphatic heterocycles. The van der Waals surface area contributed by atoms with Gasteiger partial charge in [-0.25, -0.2) is 17.8 Å². The molecule has 2 N–H and O–H groups in total. The number of aliphatic hydroxyl groups is 1. The number of nitrogens with zero attached hydrogens (tertiary/aromatic N) is 2. The van der Waals surface area contributed by atoms with E-state index in [0.717, 1.165) is 4.31 Å². The third-order valence-corrected chi connectivity index (χ3v) is 8.32. The summed E-state index contributed by atoms with van der Waals surface area (Å²) in [6.45, 7) is 0.406. The standard InChI is InChI=1S/C28H25ClF4N2O7S/c1-16(36)15-41-27-25(12-18(13-34-27)28(31,32)33)43(39,40)35-14-19(7-10-26(37)38)42-24-9-6-17(11-23(24)35)5-8-20-21(29)3-2-4-22(20)30/h2-6,8-9,11-13,16,19,36H,7,10,14-15H2,1H3,(H,37,38). The summed E-state index contributed by atoms with van der Waals surface area (Å²) >= 11 is 6.08. The van der Waals surface area contributed by atoms with Gasteiger partial charge in [0.25, 0.3) is 10.0 Å². The molecule has 3 aromatic rings. The summed E-state index contributed by atoms with van der Waals surface area (Å²) in [4.78, 5) is 13.8. The Morgan fingerprint density at radius 2 is 2.00 bits per heavy atom. The molecule has 2 aromatic carbocycles. The molecule has 0 aliphatic carbocycles. The van der Waals surface area contributed by atoms with E-state index in [1.807, 2.05) is 0 Å². The molecule has 0 amide bonds. The Morgan fingerprint density at radius 1 is 1.26 bits per heavy atom. The Bertz CT molecular complexity index is 1630. The van der Waals surface area contributed by atoms with Crippen molar-refractivity contribution in [3.05, 3.63) is 76.2 Å². The van der Waals surface area contributed by atoms with Crippen LogP contribution in [0.15, 0.2) is 53.6 Å². The van der Waals surface area contributed by atoms with E-state index in [0.29, 0.717) is 17.8 Å². The first-order chi connectivity index (χ1) is 20.2. The number of alkyl halides is 3. The Hall–Kier alpha value is -3.88. The molecule has 0 fully saturated rings. The molecule has 0 radical (unpaired) electrons. The molecule has 0 bridgehead atoms. The van der Waals surface area contributed by atoms with Gasteiger partial charge in [-0.05, 0) is 55.3 Å². The molecule has 43 heavy (non-hydrogen) atoms. The highest BCUT2D eigenvalue weighted by Gasteiger charge is 2.39. The van der Waals surface area contributed by atoms with E-state index in [9.17, 15) is 35.9 Å². The van der Waals surface area contributed by atoms with Crippen molar-refractivity contribution < 1.29 is 50.5 Å². The van der Waals surface area contributed by atoms with Crippen LogP contribution >= 0.6 is 11.6 Å². The van der Waals surface area contributed by atoms with Crippen molar-refractivity contribution in [2.75, 3.05) is 17.5 Å². The lowest BCUT2D eigenvalue weighted by molar-refractivity contribution is -0.138. The highest BCUT2D eigenvalue weighted by Crippen LogP contribution is 2.41. The maximum Gasteiger partial charge on any atom is 0.417 e. The number of fused-ring (bicyclic) bond motifs is 1. The number of aliphatic carboxylic acids is 1. The zero-order valence-corrected chi connectivity index (χ0v) is 24.0. The lowest BCUT2D eigenvalue weighted by Crippen LogP contribution is -2.44. The van der Waals surface area contributed by atoms with E-state index in [1.54, 1.807) is 0 Å². The Labute approximate surface area is 249 Å². The van der Waals surface area contributed by atoms with Crippen molar-refractivity contribution in [1.82, 2.24) is 4.98 Å². The molecule has 0 spiro atoms. The predicted octanol–water partition coefficient (Wildman–Crippen LogP) is 5.64. The van der Waals surface area contributed by atoms with Gasteiger partial charge < -0.3 is 19.7 Å². The van der Waals surface area contributed by atoms with Crippen molar-refractivity contribution in [1.29, 1.82) is 0 Å². The fourth-order valence-corrected chi connectivity index (χ4v) is 5.98. The topological polar surface area (TPSA) is 126 Å². The van der Waals surface area contributed by atoms with Gasteiger partial charge in [-0.2, -0.15) is 13.2 Å². The number of aromatic nitrogens is 1. The first kappa shape index (κ1) is 32.0. The van der Waals surface area contributed by atoms with E-state index >= 15 is 0 Å². The second-order valence-electron chi connectivity index (χ2n) is 9.59. The number of anilines is 1. The number of hydrogen-bond donors (Lipinski definition) is 2. The number of carboxylic acid groups (broad SMARTS) is 1. The Kier molecular flexibility index (Phi) is 9.52. The minimum Gasteiger partial charge on any atom is -0.486 e. The summed E-state index contributed by atoms with van der Waals surface area (Å²) in [7, 11) is -4.87. The van der Waals surface area contributed by atoms with Gasteiger partial charge in [-0.1, -0.05) is 29.8 Å². The molecule has 9 nitrogen and oxygen atoms in total. The van der Waals surface area contributed by atoms with Crippen LogP contribution in [0.3, 0.4) is 0 Å². The second-order valence-corrected chi connectivity index (χ2v) is 11.8. The average molecular weight is 645 g/mol. The van der Waals surface area contributed by atoms with Gasteiger partial charge in [-0.15, -0.1) is 0 Å². The predicted molar refractivity (Wildman–Crippen MR) is 149 cm³/mol. The molecule has 4 rings (SSSR count). The number of ether oxygens (including phenoxy) is 2. The van der Waals surface area contributed by atoms with Crippen LogP contribution < -0.4 is 13.8 Å². The summed E-state index contributed by atoms with van der Waals surface area (Å²) in [5, 5.41) is 18.9. The number of benzene rings is 2. The van der Waals surface area contributed by atoms with E-state index in [-0.39, 0.29) is 34.9 Å². The van der Waals surface area contributed by atoms with Crippen LogP contribution in [-0.4, -0.2) is 54.9 Å². The first-order valence-electron chi connectivity index (χ1n) is 12.7. The van der Waals surface area contributed by atoms with Crippen molar-refractivity contribution in [2.45, 2.75) is 43.0 Å².